The zero-order valence-corrected chi connectivity index (χ0v) is 14.4. The number of allylic oxidation sites excluding steroid dienone is 2. The average Bonchev–Trinajstić information content (AvgIpc) is 2.66. The lowest BCUT2D eigenvalue weighted by molar-refractivity contribution is -0.118. The maximum absolute atomic E-state index is 12.6. The van der Waals surface area contributed by atoms with Crippen LogP contribution in [0.2, 0.25) is 13.1 Å². The smallest absolute Gasteiger partial charge is 0.266 e. The molecule has 0 amide bonds. The summed E-state index contributed by atoms with van der Waals surface area (Å²) in [6.45, 7) is 10.2. The normalized spacial score (nSPS) is 28.1. The fraction of sp³-hybridized carbons (Fsp3) is 0.571. The van der Waals surface area contributed by atoms with Gasteiger partial charge in [-0.25, -0.2) is 0 Å². The Bertz CT molecular complexity index is 518. The number of Topliss-reactive ketones (excluding diaryl/α,β-unsaturated/α-hetero) is 1. The van der Waals surface area contributed by atoms with E-state index in [-0.39, 0.29) is 17.2 Å². The Morgan fingerprint density at radius 1 is 1.35 bits per heavy atom. The van der Waals surface area contributed by atoms with E-state index in [4.69, 9.17) is 16.1 Å². The Kier molecular flexibility index (Phi) is 4.11. The van der Waals surface area contributed by atoms with Crippen molar-refractivity contribution in [1.29, 1.82) is 0 Å². The van der Waals surface area contributed by atoms with E-state index < -0.39 is 14.4 Å². The molecule has 6 heteroatoms. The summed E-state index contributed by atoms with van der Waals surface area (Å²) in [6, 6.07) is -0.238. The van der Waals surface area contributed by atoms with Crippen molar-refractivity contribution in [1.82, 2.24) is 5.32 Å². The van der Waals surface area contributed by atoms with Crippen molar-refractivity contribution >= 4 is 32.1 Å². The minimum Gasteiger partial charge on any atom is -0.459 e. The molecule has 110 valence electrons. The number of hydrogen-bond donors (Lipinski definition) is 1. The van der Waals surface area contributed by atoms with Gasteiger partial charge in [0.1, 0.15) is 11.1 Å². The molecule has 0 aromatic carbocycles. The van der Waals surface area contributed by atoms with Crippen molar-refractivity contribution in [2.75, 3.05) is 0 Å². The van der Waals surface area contributed by atoms with Gasteiger partial charge in [-0.3, -0.25) is 4.79 Å². The predicted octanol–water partition coefficient (Wildman–Crippen LogP) is 2.36. The summed E-state index contributed by atoms with van der Waals surface area (Å²) in [5.41, 5.74) is 1.88. The number of rotatable bonds is 2. The standard InChI is InChI=1S/C14H21ClN2O2Si/c1-14(2,3)13-12(18)10-8(16-13)6-7-9(11(10)15)17-19-20(4)5/h6-7,11,13,16,20H,1-5H3. The van der Waals surface area contributed by atoms with E-state index in [0.717, 1.165) is 5.70 Å². The maximum atomic E-state index is 12.6. The zero-order chi connectivity index (χ0) is 15.1. The van der Waals surface area contributed by atoms with Gasteiger partial charge in [-0.2, -0.15) is 0 Å². The van der Waals surface area contributed by atoms with Crippen LogP contribution in [0.5, 0.6) is 0 Å². The fourth-order valence-corrected chi connectivity index (χ4v) is 2.91. The van der Waals surface area contributed by atoms with E-state index in [1.165, 1.54) is 0 Å². The number of nitrogens with zero attached hydrogens (tertiary/aromatic N) is 1. The van der Waals surface area contributed by atoms with E-state index in [1.54, 1.807) is 0 Å². The third-order valence-corrected chi connectivity index (χ3v) is 4.26. The highest BCUT2D eigenvalue weighted by Gasteiger charge is 2.43. The quantitative estimate of drug-likeness (QED) is 0.484. The third-order valence-electron chi connectivity index (χ3n) is 3.29. The van der Waals surface area contributed by atoms with Crippen molar-refractivity contribution in [3.8, 4) is 0 Å². The molecule has 0 bridgehead atoms. The van der Waals surface area contributed by atoms with E-state index >= 15 is 0 Å². The second-order valence-corrected chi connectivity index (χ2v) is 9.25. The van der Waals surface area contributed by atoms with Crippen LogP contribution in [0.3, 0.4) is 0 Å². The van der Waals surface area contributed by atoms with Gasteiger partial charge in [-0.05, 0) is 30.7 Å². The fourth-order valence-electron chi connectivity index (χ4n) is 2.24. The van der Waals surface area contributed by atoms with Gasteiger partial charge in [0, 0.05) is 11.3 Å². The number of halogens is 1. The van der Waals surface area contributed by atoms with Gasteiger partial charge in [0.05, 0.1) is 6.04 Å². The molecule has 2 atom stereocenters. The number of carbonyl (C=O) groups excluding carboxylic acids is 1. The number of alkyl halides is 1. The Labute approximate surface area is 126 Å². The lowest BCUT2D eigenvalue weighted by Gasteiger charge is -2.26. The van der Waals surface area contributed by atoms with Crippen LogP contribution in [-0.4, -0.2) is 32.0 Å². The summed E-state index contributed by atoms with van der Waals surface area (Å²) >= 11 is 6.41. The van der Waals surface area contributed by atoms with E-state index in [1.807, 2.05) is 46.0 Å². The molecule has 0 radical (unpaired) electrons. The van der Waals surface area contributed by atoms with Gasteiger partial charge in [0.15, 0.2) is 5.78 Å². The minimum atomic E-state index is -1.25. The van der Waals surface area contributed by atoms with Crippen molar-refractivity contribution in [2.45, 2.75) is 45.3 Å². The van der Waals surface area contributed by atoms with Crippen LogP contribution < -0.4 is 5.32 Å². The summed E-state index contributed by atoms with van der Waals surface area (Å²) in [7, 11) is -1.25. The van der Waals surface area contributed by atoms with Crippen molar-refractivity contribution in [3.63, 3.8) is 0 Å². The maximum Gasteiger partial charge on any atom is 0.266 e. The monoisotopic (exact) mass is 312 g/mol. The van der Waals surface area contributed by atoms with Crippen LogP contribution in [0.15, 0.2) is 28.6 Å². The number of nitrogens with one attached hydrogen (secondary N) is 1. The molecule has 4 nitrogen and oxygen atoms in total. The lowest BCUT2D eigenvalue weighted by atomic mass is 9.83. The van der Waals surface area contributed by atoms with E-state index in [0.29, 0.717) is 11.3 Å². The van der Waals surface area contributed by atoms with Gasteiger partial charge in [0.25, 0.3) is 9.04 Å². The van der Waals surface area contributed by atoms with Crippen LogP contribution in [0, 0.1) is 5.41 Å². The van der Waals surface area contributed by atoms with Gasteiger partial charge >= 0.3 is 0 Å². The number of carbonyl (C=O) groups is 1. The molecule has 1 aliphatic heterocycles. The topological polar surface area (TPSA) is 50.7 Å². The molecule has 20 heavy (non-hydrogen) atoms. The van der Waals surface area contributed by atoms with Crippen molar-refractivity contribution < 1.29 is 9.32 Å². The molecule has 2 aliphatic rings. The summed E-state index contributed by atoms with van der Waals surface area (Å²) in [5.74, 6) is 0.0614. The van der Waals surface area contributed by atoms with Gasteiger partial charge < -0.3 is 9.84 Å². The van der Waals surface area contributed by atoms with Gasteiger partial charge in [-0.15, -0.1) is 16.8 Å². The molecular formula is C14H21ClN2O2Si. The summed E-state index contributed by atoms with van der Waals surface area (Å²) in [4.78, 5) is 12.6. The van der Waals surface area contributed by atoms with Crippen LogP contribution in [0.1, 0.15) is 20.8 Å². The highest BCUT2D eigenvalue weighted by atomic mass is 35.5. The largest absolute Gasteiger partial charge is 0.459 e. The molecule has 2 unspecified atom stereocenters. The molecule has 1 N–H and O–H groups in total. The molecule has 1 aliphatic carbocycles. The first-order valence-corrected chi connectivity index (χ1v) is 10.0. The number of ketones is 1. The highest BCUT2D eigenvalue weighted by molar-refractivity contribution is 6.48. The van der Waals surface area contributed by atoms with Crippen molar-refractivity contribution in [3.05, 3.63) is 23.4 Å². The highest BCUT2D eigenvalue weighted by Crippen LogP contribution is 2.34. The molecule has 0 saturated carbocycles. The number of oxime groups is 1. The van der Waals surface area contributed by atoms with Crippen LogP contribution in [-0.2, 0) is 9.32 Å². The van der Waals surface area contributed by atoms with Crippen LogP contribution >= 0.6 is 11.6 Å². The first-order valence-electron chi connectivity index (χ1n) is 6.82. The second-order valence-electron chi connectivity index (χ2n) is 6.50. The summed E-state index contributed by atoms with van der Waals surface area (Å²) in [5, 5.41) is 6.83. The molecule has 0 aromatic rings. The van der Waals surface area contributed by atoms with Gasteiger partial charge in [0.2, 0.25) is 0 Å². The average molecular weight is 313 g/mol. The van der Waals surface area contributed by atoms with Crippen LogP contribution in [0.25, 0.3) is 0 Å². The second kappa shape index (κ2) is 5.37. The number of hydrogen-bond acceptors (Lipinski definition) is 4. The predicted molar refractivity (Wildman–Crippen MR) is 84.6 cm³/mol. The molecule has 0 aromatic heterocycles. The van der Waals surface area contributed by atoms with E-state index in [9.17, 15) is 4.79 Å². The molecule has 2 rings (SSSR count). The molecule has 0 fully saturated rings. The Balaban J connectivity index is 2.24. The Morgan fingerprint density at radius 3 is 2.55 bits per heavy atom. The molecular weight excluding hydrogens is 292 g/mol. The lowest BCUT2D eigenvalue weighted by Crippen LogP contribution is -2.41. The first-order chi connectivity index (χ1) is 9.21. The van der Waals surface area contributed by atoms with Crippen LogP contribution in [0.4, 0.5) is 0 Å². The SMILES string of the molecule is C[SiH](C)ON=C1C=CC2=C(C(=O)C(C(C)(C)C)N2)C1Cl. The summed E-state index contributed by atoms with van der Waals surface area (Å²) in [6.07, 6.45) is 3.68. The minimum absolute atomic E-state index is 0.0614. The Morgan fingerprint density at radius 2 is 2.00 bits per heavy atom. The van der Waals surface area contributed by atoms with E-state index in [2.05, 4.69) is 10.5 Å². The molecule has 0 saturated heterocycles. The Hall–Kier alpha value is -1.07. The molecule has 1 heterocycles. The molecule has 0 spiro atoms. The van der Waals surface area contributed by atoms with Gasteiger partial charge in [-0.1, -0.05) is 20.8 Å². The third kappa shape index (κ3) is 2.83. The first kappa shape index (κ1) is 15.3. The zero-order valence-electron chi connectivity index (χ0n) is 12.5. The summed E-state index contributed by atoms with van der Waals surface area (Å²) < 4.78 is 5.37. The van der Waals surface area contributed by atoms with Crippen molar-refractivity contribution in [2.24, 2.45) is 10.6 Å².